The topological polar surface area (TPSA) is 219 Å². The highest BCUT2D eigenvalue weighted by atomic mass is 32.1. The molecule has 41 heavy (non-hydrogen) atoms. The summed E-state index contributed by atoms with van der Waals surface area (Å²) in [6.45, 7) is -0.557. The van der Waals surface area contributed by atoms with Crippen LogP contribution in [-0.2, 0) is 31.5 Å². The zero-order chi connectivity index (χ0) is 29.1. The molecule has 5 rings (SSSR count). The number of nitrogens with one attached hydrogen (secondary N) is 1. The van der Waals surface area contributed by atoms with Gasteiger partial charge in [0.2, 0.25) is 11.8 Å². The lowest BCUT2D eigenvalue weighted by molar-refractivity contribution is -0.380. The highest BCUT2D eigenvalue weighted by Gasteiger charge is 2.45. The third-order valence-electron chi connectivity index (χ3n) is 6.14. The number of anilines is 1. The molecule has 0 saturated carbocycles. The van der Waals surface area contributed by atoms with Crippen LogP contribution < -0.4 is 15.6 Å². The third-order valence-corrected chi connectivity index (χ3v) is 8.66. The first kappa shape index (κ1) is 29.0. The molecule has 3 unspecified atom stereocenters. The van der Waals surface area contributed by atoms with E-state index in [0.717, 1.165) is 16.9 Å². The van der Waals surface area contributed by atoms with E-state index in [2.05, 4.69) is 20.0 Å². The lowest BCUT2D eigenvalue weighted by atomic mass is 10.1. The van der Waals surface area contributed by atoms with Gasteiger partial charge in [-0.1, -0.05) is 41.7 Å². The maximum atomic E-state index is 13.7. The van der Waals surface area contributed by atoms with Crippen molar-refractivity contribution in [3.63, 3.8) is 0 Å². The van der Waals surface area contributed by atoms with Crippen molar-refractivity contribution in [3.8, 4) is 5.88 Å². The molecule has 0 bridgehead atoms. The molecule has 0 radical (unpaired) electrons. The fourth-order valence-electron chi connectivity index (χ4n) is 4.11. The first-order valence-corrected chi connectivity index (χ1v) is 14.5. The number of fused-ring (bicyclic) bond motifs is 1. The first-order valence-electron chi connectivity index (χ1n) is 12.1. The van der Waals surface area contributed by atoms with E-state index in [0.29, 0.717) is 4.88 Å². The van der Waals surface area contributed by atoms with Crippen LogP contribution in [0.5, 0.6) is 5.88 Å². The Labute approximate surface area is 236 Å². The Balaban J connectivity index is 1.30. The van der Waals surface area contributed by atoms with E-state index in [4.69, 9.17) is 24.3 Å². The number of nitrogens with zero attached hydrogens (tertiary/aromatic N) is 5. The van der Waals surface area contributed by atoms with E-state index in [-0.39, 0.29) is 41.1 Å². The molecule has 0 spiro atoms. The summed E-state index contributed by atoms with van der Waals surface area (Å²) in [5.41, 5.74) is 7.03. The number of benzene rings is 1. The maximum absolute atomic E-state index is 13.7. The van der Waals surface area contributed by atoms with Gasteiger partial charge in [0.05, 0.1) is 31.6 Å². The molecule has 5 N–H and O–H groups in total. The summed E-state index contributed by atoms with van der Waals surface area (Å²) in [7, 11) is -2.67. The number of aromatic nitrogens is 4. The van der Waals surface area contributed by atoms with Crippen molar-refractivity contribution in [1.82, 2.24) is 24.6 Å². The average Bonchev–Trinajstić information content (AvgIpc) is 3.68. The number of imidazole rings is 1. The van der Waals surface area contributed by atoms with Crippen molar-refractivity contribution in [2.24, 2.45) is 0 Å². The molecular formula is C23H26N7O9PS. The van der Waals surface area contributed by atoms with Gasteiger partial charge in [0, 0.05) is 17.5 Å². The predicted molar refractivity (Wildman–Crippen MR) is 145 cm³/mol. The van der Waals surface area contributed by atoms with Crippen LogP contribution in [0, 0.1) is 10.1 Å². The number of nitrogens with two attached hydrogens (primary N) is 1. The molecule has 18 heteroatoms. The fraction of sp³-hybridized carbons (Fsp3) is 0.348. The van der Waals surface area contributed by atoms with E-state index in [1.165, 1.54) is 30.1 Å². The Morgan fingerprint density at radius 1 is 1.20 bits per heavy atom. The second kappa shape index (κ2) is 12.1. The van der Waals surface area contributed by atoms with Crippen molar-refractivity contribution in [3.05, 3.63) is 69.3 Å². The van der Waals surface area contributed by atoms with Crippen LogP contribution in [0.1, 0.15) is 16.7 Å². The van der Waals surface area contributed by atoms with Crippen LogP contribution in [0.4, 0.5) is 10.9 Å². The fourth-order valence-corrected chi connectivity index (χ4v) is 6.21. The summed E-state index contributed by atoms with van der Waals surface area (Å²) in [5, 5.41) is 35.2. The highest BCUT2D eigenvalue weighted by molar-refractivity contribution is 7.51. The molecule has 3 aromatic heterocycles. The smallest absolute Gasteiger partial charge is 0.406 e. The Morgan fingerprint density at radius 2 is 1.98 bits per heavy atom. The number of hydrogen-bond acceptors (Lipinski definition) is 14. The minimum absolute atomic E-state index is 0.0872. The second-order valence-electron chi connectivity index (χ2n) is 8.85. The average molecular weight is 608 g/mol. The van der Waals surface area contributed by atoms with Gasteiger partial charge in [-0.2, -0.15) is 9.97 Å². The van der Waals surface area contributed by atoms with E-state index in [1.807, 2.05) is 30.3 Å². The first-order chi connectivity index (χ1) is 19.7. The SMILES string of the molecule is COc1nc(N)nc2c1ncn2[C@@H]1O[C@H](COP(=O)(NCc2ccccc2)OCc2ccc([N+](=O)[O-])s2)C(O)C1O. The van der Waals surface area contributed by atoms with Gasteiger partial charge >= 0.3 is 12.7 Å². The summed E-state index contributed by atoms with van der Waals surface area (Å²) in [6.07, 6.45) is -3.83. The molecule has 0 aliphatic carbocycles. The summed E-state index contributed by atoms with van der Waals surface area (Å²) in [5.74, 6) is 0.0282. The van der Waals surface area contributed by atoms with Gasteiger partial charge in [-0.05, 0) is 11.6 Å². The number of aliphatic hydroxyl groups excluding tert-OH is 2. The predicted octanol–water partition coefficient (Wildman–Crippen LogP) is 2.14. The number of rotatable bonds is 12. The standard InChI is InChI=1S/C23H26N7O9PS/c1-36-21-17-20(27-23(24)28-21)29(12-25-17)22-19(32)18(31)15(39-22)11-38-40(35,26-9-13-5-3-2-4-6-13)37-10-14-7-8-16(41-14)30(33)34/h2-8,12,15,18-19,22,31-32H,9-11H2,1H3,(H,26,35)(H2,24,27,28)/t15-,18?,19?,22-,40?/m1/s1. The Hall–Kier alpha value is -3.54. The van der Waals surface area contributed by atoms with Gasteiger partial charge in [0.1, 0.15) is 18.3 Å². The molecule has 1 fully saturated rings. The quantitative estimate of drug-likeness (QED) is 0.103. The van der Waals surface area contributed by atoms with E-state index < -0.39 is 43.8 Å². The largest absolute Gasteiger partial charge is 0.479 e. The summed E-state index contributed by atoms with van der Waals surface area (Å²) < 4.78 is 37.4. The third kappa shape index (κ3) is 6.37. The van der Waals surface area contributed by atoms with Crippen molar-refractivity contribution >= 4 is 41.2 Å². The lowest BCUT2D eigenvalue weighted by Gasteiger charge is -2.22. The minimum Gasteiger partial charge on any atom is -0.479 e. The molecule has 1 aromatic carbocycles. The van der Waals surface area contributed by atoms with Gasteiger partial charge in [0.15, 0.2) is 17.4 Å². The molecule has 4 aromatic rings. The monoisotopic (exact) mass is 607 g/mol. The zero-order valence-electron chi connectivity index (χ0n) is 21.5. The molecule has 0 amide bonds. The molecular weight excluding hydrogens is 581 g/mol. The Morgan fingerprint density at radius 3 is 2.68 bits per heavy atom. The normalized spacial score (nSPS) is 22.1. The number of hydrogen-bond donors (Lipinski definition) is 4. The molecule has 1 saturated heterocycles. The van der Waals surface area contributed by atoms with Gasteiger partial charge in [-0.15, -0.1) is 0 Å². The number of nitro groups is 1. The summed E-state index contributed by atoms with van der Waals surface area (Å²) >= 11 is 0.880. The van der Waals surface area contributed by atoms with Crippen LogP contribution in [-0.4, -0.2) is 66.7 Å². The molecule has 4 heterocycles. The summed E-state index contributed by atoms with van der Waals surface area (Å²) in [6, 6.07) is 11.9. The zero-order valence-corrected chi connectivity index (χ0v) is 23.2. The molecule has 1 aliphatic rings. The molecule has 218 valence electrons. The van der Waals surface area contributed by atoms with Crippen molar-refractivity contribution in [1.29, 1.82) is 0 Å². The van der Waals surface area contributed by atoms with Gasteiger partial charge in [-0.25, -0.2) is 14.6 Å². The number of methoxy groups -OCH3 is 1. The van der Waals surface area contributed by atoms with Crippen LogP contribution in [0.2, 0.25) is 0 Å². The Bertz CT molecular complexity index is 1570. The Kier molecular flexibility index (Phi) is 8.58. The number of aliphatic hydroxyl groups is 2. The van der Waals surface area contributed by atoms with Crippen molar-refractivity contribution in [2.75, 3.05) is 19.5 Å². The van der Waals surface area contributed by atoms with Crippen molar-refractivity contribution < 1.29 is 38.2 Å². The minimum atomic E-state index is -4.06. The number of nitrogen functional groups attached to an aromatic ring is 1. The van der Waals surface area contributed by atoms with E-state index in [9.17, 15) is 24.9 Å². The number of thiophene rings is 1. The van der Waals surface area contributed by atoms with Gasteiger partial charge in [0.25, 0.3) is 0 Å². The second-order valence-corrected chi connectivity index (χ2v) is 11.8. The van der Waals surface area contributed by atoms with Gasteiger partial charge < -0.3 is 25.4 Å². The van der Waals surface area contributed by atoms with Crippen LogP contribution >= 0.6 is 19.1 Å². The van der Waals surface area contributed by atoms with Crippen LogP contribution in [0.25, 0.3) is 11.2 Å². The maximum Gasteiger partial charge on any atom is 0.406 e. The lowest BCUT2D eigenvalue weighted by Crippen LogP contribution is -2.34. The molecule has 1 aliphatic heterocycles. The van der Waals surface area contributed by atoms with E-state index in [1.54, 1.807) is 0 Å². The highest BCUT2D eigenvalue weighted by Crippen LogP contribution is 2.47. The molecule has 16 nitrogen and oxygen atoms in total. The van der Waals surface area contributed by atoms with Crippen LogP contribution in [0.3, 0.4) is 0 Å². The van der Waals surface area contributed by atoms with E-state index >= 15 is 0 Å². The van der Waals surface area contributed by atoms with Gasteiger partial charge in [-0.3, -0.25) is 23.7 Å². The number of ether oxygens (including phenoxy) is 2. The molecule has 5 atom stereocenters. The van der Waals surface area contributed by atoms with Crippen LogP contribution in [0.15, 0.2) is 48.8 Å². The summed E-state index contributed by atoms with van der Waals surface area (Å²) in [4.78, 5) is 23.3. The van der Waals surface area contributed by atoms with Crippen molar-refractivity contribution in [2.45, 2.75) is 37.7 Å².